The number of hydrogen-bond acceptors (Lipinski definition) is 4. The Balaban J connectivity index is 1.34. The van der Waals surface area contributed by atoms with E-state index in [0.717, 1.165) is 5.69 Å². The summed E-state index contributed by atoms with van der Waals surface area (Å²) < 4.78 is 0. The van der Waals surface area contributed by atoms with E-state index < -0.39 is 0 Å². The van der Waals surface area contributed by atoms with E-state index in [0.29, 0.717) is 17.4 Å². The van der Waals surface area contributed by atoms with Crippen LogP contribution in [0.25, 0.3) is 0 Å². The van der Waals surface area contributed by atoms with E-state index in [-0.39, 0.29) is 47.9 Å². The van der Waals surface area contributed by atoms with Crippen LogP contribution in [0.15, 0.2) is 36.4 Å². The Morgan fingerprint density at radius 1 is 1.12 bits per heavy atom. The van der Waals surface area contributed by atoms with E-state index in [1.54, 1.807) is 18.2 Å². The van der Waals surface area contributed by atoms with Gasteiger partial charge in [0.1, 0.15) is 0 Å². The molecular formula is C20H20N2O3. The lowest BCUT2D eigenvalue weighted by Gasteiger charge is -2.37. The molecule has 1 aromatic carbocycles. The normalized spacial score (nSPS) is 37.1. The molecule has 25 heavy (non-hydrogen) atoms. The lowest BCUT2D eigenvalue weighted by Crippen LogP contribution is -2.40. The molecule has 1 saturated heterocycles. The van der Waals surface area contributed by atoms with E-state index >= 15 is 0 Å². The molecule has 6 atom stereocenters. The number of carbonyl (C=O) groups is 3. The van der Waals surface area contributed by atoms with Crippen LogP contribution < -0.4 is 5.32 Å². The van der Waals surface area contributed by atoms with Crippen LogP contribution in [0.5, 0.6) is 0 Å². The second-order valence-electron chi connectivity index (χ2n) is 7.73. The van der Waals surface area contributed by atoms with E-state index in [1.807, 2.05) is 6.07 Å². The quantitative estimate of drug-likeness (QED) is 0.520. The number of hydrogen-bond donors (Lipinski definition) is 1. The van der Waals surface area contributed by atoms with Crippen LogP contribution in [0.2, 0.25) is 0 Å². The Kier molecular flexibility index (Phi) is 3.00. The summed E-state index contributed by atoms with van der Waals surface area (Å²) >= 11 is 0. The highest BCUT2D eigenvalue weighted by Crippen LogP contribution is 2.65. The number of anilines is 1. The van der Waals surface area contributed by atoms with Crippen LogP contribution in [-0.4, -0.2) is 29.2 Å². The first kappa shape index (κ1) is 14.9. The van der Waals surface area contributed by atoms with Crippen LogP contribution in [-0.2, 0) is 9.59 Å². The molecule has 0 spiro atoms. The van der Waals surface area contributed by atoms with Gasteiger partial charge in [-0.1, -0.05) is 24.3 Å². The van der Waals surface area contributed by atoms with Gasteiger partial charge in [0.25, 0.3) is 0 Å². The average molecular weight is 336 g/mol. The summed E-state index contributed by atoms with van der Waals surface area (Å²) in [5.74, 6) is 1.36. The van der Waals surface area contributed by atoms with Crippen LogP contribution >= 0.6 is 0 Å². The van der Waals surface area contributed by atoms with Crippen molar-refractivity contribution >= 4 is 23.3 Å². The van der Waals surface area contributed by atoms with Crippen LogP contribution in [0, 0.1) is 35.5 Å². The fourth-order valence-electron chi connectivity index (χ4n) is 5.19. The zero-order chi connectivity index (χ0) is 17.3. The molecule has 0 aromatic heterocycles. The number of allylic oxidation sites excluding steroid dienone is 2. The monoisotopic (exact) mass is 336 g/mol. The van der Waals surface area contributed by atoms with Crippen molar-refractivity contribution in [2.24, 2.45) is 35.5 Å². The first-order chi connectivity index (χ1) is 12.1. The summed E-state index contributed by atoms with van der Waals surface area (Å²) in [4.78, 5) is 38.6. The average Bonchev–Trinajstić information content (AvgIpc) is 3.39. The van der Waals surface area contributed by atoms with Crippen molar-refractivity contribution in [3.63, 3.8) is 0 Å². The topological polar surface area (TPSA) is 66.5 Å². The largest absolute Gasteiger partial charge is 0.367 e. The predicted molar refractivity (Wildman–Crippen MR) is 91.5 cm³/mol. The van der Waals surface area contributed by atoms with Gasteiger partial charge in [0.15, 0.2) is 5.78 Å². The van der Waals surface area contributed by atoms with Crippen molar-refractivity contribution in [2.45, 2.75) is 13.3 Å². The van der Waals surface area contributed by atoms with Gasteiger partial charge in [-0.05, 0) is 49.1 Å². The number of amides is 2. The lowest BCUT2D eigenvalue weighted by atomic mass is 9.63. The van der Waals surface area contributed by atoms with Crippen molar-refractivity contribution in [3.8, 4) is 0 Å². The Morgan fingerprint density at radius 2 is 1.76 bits per heavy atom. The van der Waals surface area contributed by atoms with Gasteiger partial charge in [0, 0.05) is 11.3 Å². The SMILES string of the molecule is CC(=O)c1cccc(NCN2C(=O)[C@@H]3[C@@H]4C=C[C@H]([C@@H]5C[C@H]45)[C@@H]3C2=O)c1. The molecule has 0 radical (unpaired) electrons. The summed E-state index contributed by atoms with van der Waals surface area (Å²) in [7, 11) is 0. The molecule has 5 heteroatoms. The van der Waals surface area contributed by atoms with Crippen LogP contribution in [0.1, 0.15) is 23.7 Å². The number of nitrogens with zero attached hydrogens (tertiary/aromatic N) is 1. The van der Waals surface area contributed by atoms with Gasteiger partial charge in [-0.25, -0.2) is 0 Å². The number of likely N-dealkylation sites (tertiary alicyclic amines) is 1. The number of rotatable bonds is 4. The van der Waals surface area contributed by atoms with Crippen molar-refractivity contribution in [1.82, 2.24) is 4.90 Å². The molecule has 2 amide bonds. The van der Waals surface area contributed by atoms with Crippen molar-refractivity contribution in [3.05, 3.63) is 42.0 Å². The third-order valence-corrected chi connectivity index (χ3v) is 6.46. The maximum atomic E-state index is 12.9. The lowest BCUT2D eigenvalue weighted by molar-refractivity contribution is -0.139. The van der Waals surface area contributed by atoms with Crippen LogP contribution in [0.3, 0.4) is 0 Å². The summed E-state index contributed by atoms with van der Waals surface area (Å²) in [6, 6.07) is 7.14. The molecule has 2 bridgehead atoms. The Labute approximate surface area is 146 Å². The van der Waals surface area contributed by atoms with Gasteiger partial charge in [-0.15, -0.1) is 0 Å². The molecule has 1 N–H and O–H groups in total. The van der Waals surface area contributed by atoms with Crippen molar-refractivity contribution in [1.29, 1.82) is 0 Å². The molecule has 1 aromatic rings. The molecule has 0 unspecified atom stereocenters. The molecule has 1 aliphatic heterocycles. The number of nitrogens with one attached hydrogen (secondary N) is 1. The minimum absolute atomic E-state index is 0.00938. The summed E-state index contributed by atoms with van der Waals surface area (Å²) in [6.07, 6.45) is 5.53. The van der Waals surface area contributed by atoms with Crippen molar-refractivity contribution in [2.75, 3.05) is 12.0 Å². The molecule has 128 valence electrons. The molecule has 5 aliphatic rings. The van der Waals surface area contributed by atoms with E-state index in [2.05, 4.69) is 17.5 Å². The summed E-state index contributed by atoms with van der Waals surface area (Å²) in [5, 5.41) is 3.14. The Morgan fingerprint density at radius 3 is 2.36 bits per heavy atom. The molecule has 6 rings (SSSR count). The molecule has 3 fully saturated rings. The second-order valence-corrected chi connectivity index (χ2v) is 7.73. The standard InChI is InChI=1S/C20H20N2O3/c1-10(23)11-3-2-4-12(7-11)21-9-22-19(24)17-13-5-6-14(16-8-15(13)16)18(17)20(22)25/h2-7,13-18,21H,8-9H2,1H3/t13-,14-,15-,16+,17-,18+/m1/s1. The first-order valence-electron chi connectivity index (χ1n) is 8.94. The van der Waals surface area contributed by atoms with Crippen molar-refractivity contribution < 1.29 is 14.4 Å². The van der Waals surface area contributed by atoms with E-state index in [4.69, 9.17) is 0 Å². The first-order valence-corrected chi connectivity index (χ1v) is 8.94. The number of carbonyl (C=O) groups excluding carboxylic acids is 3. The molecule has 4 aliphatic carbocycles. The maximum absolute atomic E-state index is 12.9. The van der Waals surface area contributed by atoms with Gasteiger partial charge in [0.05, 0.1) is 18.5 Å². The molecule has 2 saturated carbocycles. The third kappa shape index (κ3) is 2.04. The minimum atomic E-state index is -0.156. The maximum Gasteiger partial charge on any atom is 0.235 e. The summed E-state index contributed by atoms with van der Waals surface area (Å²) in [5.41, 5.74) is 1.35. The highest BCUT2D eigenvalue weighted by molar-refractivity contribution is 6.06. The molecular weight excluding hydrogens is 316 g/mol. The minimum Gasteiger partial charge on any atom is -0.367 e. The Bertz CT molecular complexity index is 794. The van der Waals surface area contributed by atoms with Gasteiger partial charge in [-0.3, -0.25) is 19.3 Å². The van der Waals surface area contributed by atoms with E-state index in [9.17, 15) is 14.4 Å². The predicted octanol–water partition coefficient (Wildman–Crippen LogP) is 2.31. The highest BCUT2D eigenvalue weighted by Gasteiger charge is 2.66. The van der Waals surface area contributed by atoms with Gasteiger partial charge in [-0.2, -0.15) is 0 Å². The smallest absolute Gasteiger partial charge is 0.235 e. The van der Waals surface area contributed by atoms with Gasteiger partial charge < -0.3 is 5.32 Å². The molecule has 5 nitrogen and oxygen atoms in total. The van der Waals surface area contributed by atoms with Crippen LogP contribution in [0.4, 0.5) is 5.69 Å². The zero-order valence-corrected chi connectivity index (χ0v) is 14.0. The van der Waals surface area contributed by atoms with Gasteiger partial charge in [0.2, 0.25) is 11.8 Å². The second kappa shape index (κ2) is 5.04. The number of ketones is 1. The Hall–Kier alpha value is -2.43. The highest BCUT2D eigenvalue weighted by atomic mass is 16.2. The number of benzene rings is 1. The number of Topliss-reactive ketones (excluding diaryl/α,β-unsaturated/α-hetero) is 1. The summed E-state index contributed by atoms with van der Waals surface area (Å²) in [6.45, 7) is 1.69. The van der Waals surface area contributed by atoms with Gasteiger partial charge >= 0.3 is 0 Å². The number of imide groups is 1. The fourth-order valence-corrected chi connectivity index (χ4v) is 5.19. The third-order valence-electron chi connectivity index (χ3n) is 6.46. The fraction of sp³-hybridized carbons (Fsp3) is 0.450. The van der Waals surface area contributed by atoms with E-state index in [1.165, 1.54) is 18.2 Å². The molecule has 1 heterocycles. The zero-order valence-electron chi connectivity index (χ0n) is 14.0.